The Labute approximate surface area is 172 Å². The van der Waals surface area contributed by atoms with Gasteiger partial charge in [0.2, 0.25) is 21.8 Å². The molecule has 8 nitrogen and oxygen atoms in total. The lowest BCUT2D eigenvalue weighted by atomic mass is 10.2. The van der Waals surface area contributed by atoms with Crippen LogP contribution in [0.2, 0.25) is 0 Å². The lowest BCUT2D eigenvalue weighted by Gasteiger charge is -2.24. The minimum absolute atomic E-state index is 0.0677. The molecular formula is C21H19N3O5S. The molecule has 0 saturated carbocycles. The Bertz CT molecular complexity index is 1340. The third kappa shape index (κ3) is 3.89. The van der Waals surface area contributed by atoms with Crippen molar-refractivity contribution in [3.8, 4) is 11.5 Å². The molecule has 0 atom stereocenters. The van der Waals surface area contributed by atoms with Gasteiger partial charge in [-0.25, -0.2) is 13.2 Å². The second-order valence-electron chi connectivity index (χ2n) is 6.97. The van der Waals surface area contributed by atoms with Crippen molar-refractivity contribution < 1.29 is 17.3 Å². The lowest BCUT2D eigenvalue weighted by molar-refractivity contribution is 0.313. The van der Waals surface area contributed by atoms with Gasteiger partial charge in [0.25, 0.3) is 0 Å². The Kier molecular flexibility index (Phi) is 5.23. The largest absolute Gasteiger partial charge is 0.423 e. The molecule has 30 heavy (non-hydrogen) atoms. The maximum atomic E-state index is 13.3. The minimum Gasteiger partial charge on any atom is -0.423 e. The van der Waals surface area contributed by atoms with E-state index in [0.717, 1.165) is 5.56 Å². The highest BCUT2D eigenvalue weighted by molar-refractivity contribution is 7.89. The van der Waals surface area contributed by atoms with Crippen LogP contribution >= 0.6 is 0 Å². The van der Waals surface area contributed by atoms with Gasteiger partial charge in [0.1, 0.15) is 5.58 Å². The second-order valence-corrected chi connectivity index (χ2v) is 8.86. The van der Waals surface area contributed by atoms with Crippen molar-refractivity contribution in [2.45, 2.75) is 31.3 Å². The van der Waals surface area contributed by atoms with Crippen molar-refractivity contribution >= 4 is 21.0 Å². The number of hydrogen-bond donors (Lipinski definition) is 0. The van der Waals surface area contributed by atoms with E-state index in [4.69, 9.17) is 8.83 Å². The van der Waals surface area contributed by atoms with Gasteiger partial charge in [0.15, 0.2) is 0 Å². The van der Waals surface area contributed by atoms with Gasteiger partial charge in [-0.2, -0.15) is 4.31 Å². The summed E-state index contributed by atoms with van der Waals surface area (Å²) in [5, 5.41) is 8.55. The molecule has 2 aromatic carbocycles. The molecule has 2 heterocycles. The Morgan fingerprint density at radius 3 is 2.47 bits per heavy atom. The average Bonchev–Trinajstić information content (AvgIpc) is 3.20. The molecule has 9 heteroatoms. The summed E-state index contributed by atoms with van der Waals surface area (Å²) < 4.78 is 38.7. The van der Waals surface area contributed by atoms with E-state index in [2.05, 4.69) is 10.2 Å². The first kappa shape index (κ1) is 20.0. The van der Waals surface area contributed by atoms with E-state index in [1.807, 2.05) is 30.3 Å². The first-order valence-corrected chi connectivity index (χ1v) is 10.7. The molecule has 0 unspecified atom stereocenters. The van der Waals surface area contributed by atoms with Crippen LogP contribution in [-0.2, 0) is 16.6 Å². The van der Waals surface area contributed by atoms with Crippen molar-refractivity contribution in [1.82, 2.24) is 14.5 Å². The molecule has 0 spiro atoms. The highest BCUT2D eigenvalue weighted by Gasteiger charge is 2.29. The molecule has 0 N–H and O–H groups in total. The number of aromatic nitrogens is 2. The SMILES string of the molecule is CC(C)N(Cc1nnc(-c2ccccc2)o1)S(=O)(=O)c1ccc2oc(=O)ccc2c1. The molecule has 2 aromatic heterocycles. The van der Waals surface area contributed by atoms with Crippen LogP contribution in [0.5, 0.6) is 0 Å². The highest BCUT2D eigenvalue weighted by Crippen LogP contribution is 2.25. The molecule has 0 amide bonds. The quantitative estimate of drug-likeness (QED) is 0.436. The van der Waals surface area contributed by atoms with Crippen molar-refractivity contribution in [2.24, 2.45) is 0 Å². The number of fused-ring (bicyclic) bond motifs is 1. The first-order chi connectivity index (χ1) is 14.3. The van der Waals surface area contributed by atoms with E-state index < -0.39 is 15.6 Å². The number of nitrogens with zero attached hydrogens (tertiary/aromatic N) is 3. The van der Waals surface area contributed by atoms with E-state index >= 15 is 0 Å². The lowest BCUT2D eigenvalue weighted by Crippen LogP contribution is -2.36. The Morgan fingerprint density at radius 2 is 1.73 bits per heavy atom. The molecule has 154 valence electrons. The third-order valence-corrected chi connectivity index (χ3v) is 6.57. The number of sulfonamides is 1. The molecule has 0 saturated heterocycles. The van der Waals surface area contributed by atoms with Crippen LogP contribution in [0.4, 0.5) is 0 Å². The molecule has 0 aliphatic heterocycles. The third-order valence-electron chi connectivity index (χ3n) is 4.55. The van der Waals surface area contributed by atoms with Crippen LogP contribution in [0, 0.1) is 0 Å². The first-order valence-electron chi connectivity index (χ1n) is 9.28. The Balaban J connectivity index is 1.66. The zero-order valence-corrected chi connectivity index (χ0v) is 17.2. The van der Waals surface area contributed by atoms with Crippen LogP contribution < -0.4 is 5.63 Å². The predicted molar refractivity (Wildman–Crippen MR) is 110 cm³/mol. The number of rotatable bonds is 6. The van der Waals surface area contributed by atoms with Crippen LogP contribution in [-0.4, -0.2) is 29.0 Å². The normalized spacial score (nSPS) is 12.1. The standard InChI is InChI=1S/C21H19N3O5S/c1-14(2)24(13-19-22-23-21(29-19)15-6-4-3-5-7-15)30(26,27)17-9-10-18-16(12-17)8-11-20(25)28-18/h3-12,14H,13H2,1-2H3. The monoisotopic (exact) mass is 425 g/mol. The molecule has 0 bridgehead atoms. The van der Waals surface area contributed by atoms with Crippen molar-refractivity contribution in [2.75, 3.05) is 0 Å². The molecule has 0 aliphatic carbocycles. The van der Waals surface area contributed by atoms with Gasteiger partial charge in [0, 0.05) is 23.1 Å². The zero-order valence-electron chi connectivity index (χ0n) is 16.3. The number of benzene rings is 2. The van der Waals surface area contributed by atoms with Crippen molar-refractivity contribution in [1.29, 1.82) is 0 Å². The summed E-state index contributed by atoms with van der Waals surface area (Å²) in [4.78, 5) is 11.4. The van der Waals surface area contributed by atoms with Gasteiger partial charge < -0.3 is 8.83 Å². The van der Waals surface area contributed by atoms with Crippen LogP contribution in [0.15, 0.2) is 79.2 Å². The van der Waals surface area contributed by atoms with Crippen molar-refractivity contribution in [3.05, 3.63) is 77.0 Å². The maximum absolute atomic E-state index is 13.3. The summed E-state index contributed by atoms with van der Waals surface area (Å²) >= 11 is 0. The van der Waals surface area contributed by atoms with Gasteiger partial charge in [-0.3, -0.25) is 0 Å². The summed E-state index contributed by atoms with van der Waals surface area (Å²) in [6.07, 6.45) is 0. The van der Waals surface area contributed by atoms with E-state index in [1.165, 1.54) is 34.6 Å². The van der Waals surface area contributed by atoms with E-state index in [0.29, 0.717) is 16.9 Å². The van der Waals surface area contributed by atoms with Gasteiger partial charge in [0.05, 0.1) is 11.4 Å². The van der Waals surface area contributed by atoms with Crippen LogP contribution in [0.3, 0.4) is 0 Å². The Morgan fingerprint density at radius 1 is 0.967 bits per heavy atom. The second kappa shape index (κ2) is 7.85. The van der Waals surface area contributed by atoms with Gasteiger partial charge in [-0.15, -0.1) is 10.2 Å². The molecular weight excluding hydrogens is 406 g/mol. The van der Waals surface area contributed by atoms with E-state index in [9.17, 15) is 13.2 Å². The maximum Gasteiger partial charge on any atom is 0.336 e. The molecule has 0 aliphatic rings. The van der Waals surface area contributed by atoms with E-state index in [-0.39, 0.29) is 23.4 Å². The molecule has 0 radical (unpaired) electrons. The van der Waals surface area contributed by atoms with E-state index in [1.54, 1.807) is 13.8 Å². The Hall–Kier alpha value is -3.30. The number of hydrogen-bond acceptors (Lipinski definition) is 7. The van der Waals surface area contributed by atoms with Crippen molar-refractivity contribution in [3.63, 3.8) is 0 Å². The summed E-state index contributed by atoms with van der Waals surface area (Å²) in [7, 11) is -3.87. The molecule has 0 fully saturated rings. The predicted octanol–water partition coefficient (Wildman–Crippen LogP) is 3.44. The smallest absolute Gasteiger partial charge is 0.336 e. The van der Waals surface area contributed by atoms with Gasteiger partial charge in [-0.05, 0) is 50.2 Å². The fraction of sp³-hybridized carbons (Fsp3) is 0.190. The summed E-state index contributed by atoms with van der Waals surface area (Å²) in [6.45, 7) is 3.47. The van der Waals surface area contributed by atoms with Gasteiger partial charge in [-0.1, -0.05) is 18.2 Å². The summed E-state index contributed by atoms with van der Waals surface area (Å²) in [5.74, 6) is 0.519. The topological polar surface area (TPSA) is 107 Å². The summed E-state index contributed by atoms with van der Waals surface area (Å²) in [6, 6.07) is 16.1. The summed E-state index contributed by atoms with van der Waals surface area (Å²) in [5.41, 5.74) is 0.584. The van der Waals surface area contributed by atoms with Gasteiger partial charge >= 0.3 is 5.63 Å². The average molecular weight is 425 g/mol. The molecule has 4 rings (SSSR count). The minimum atomic E-state index is -3.87. The highest BCUT2D eigenvalue weighted by atomic mass is 32.2. The zero-order chi connectivity index (χ0) is 21.3. The van der Waals surface area contributed by atoms with Crippen LogP contribution in [0.1, 0.15) is 19.7 Å². The fourth-order valence-electron chi connectivity index (χ4n) is 3.04. The molecule has 4 aromatic rings. The fourth-order valence-corrected chi connectivity index (χ4v) is 4.66. The van der Waals surface area contributed by atoms with Crippen LogP contribution in [0.25, 0.3) is 22.4 Å².